The minimum Gasteiger partial charge on any atom is -0.506 e. The normalized spacial score (nSPS) is 17.1. The molecule has 1 saturated carbocycles. The van der Waals surface area contributed by atoms with Gasteiger partial charge in [-0.05, 0) is 54.3 Å². The molecule has 7 heteroatoms. The highest BCUT2D eigenvalue weighted by molar-refractivity contribution is 6.07. The minimum atomic E-state index is -0.547. The molecule has 0 spiro atoms. The Labute approximate surface area is 198 Å². The van der Waals surface area contributed by atoms with E-state index in [1.165, 1.54) is 18.2 Å². The summed E-state index contributed by atoms with van der Waals surface area (Å²) < 4.78 is 5.40. The Kier molecular flexibility index (Phi) is 6.04. The summed E-state index contributed by atoms with van der Waals surface area (Å²) in [7, 11) is 0. The summed E-state index contributed by atoms with van der Waals surface area (Å²) in [5.74, 6) is -0.550. The molecule has 2 aliphatic rings. The number of amides is 2. The summed E-state index contributed by atoms with van der Waals surface area (Å²) >= 11 is 0. The summed E-state index contributed by atoms with van der Waals surface area (Å²) in [4.78, 5) is 28.1. The SMILES string of the molecule is O=C(Nc1ccc(-c2ccccc2)cc1)c1ccc(O)c(NC(=O)C2(N3CCOCC3)CC2)c1. The molecule has 0 unspecified atom stereocenters. The van der Waals surface area contributed by atoms with Gasteiger partial charge in [-0.15, -0.1) is 0 Å². The molecule has 1 aliphatic carbocycles. The van der Waals surface area contributed by atoms with E-state index in [9.17, 15) is 14.7 Å². The van der Waals surface area contributed by atoms with Crippen molar-refractivity contribution in [3.05, 3.63) is 78.4 Å². The molecule has 5 rings (SSSR count). The van der Waals surface area contributed by atoms with Crippen molar-refractivity contribution in [3.8, 4) is 16.9 Å². The van der Waals surface area contributed by atoms with Crippen LogP contribution < -0.4 is 10.6 Å². The van der Waals surface area contributed by atoms with Gasteiger partial charge in [0.05, 0.1) is 18.9 Å². The van der Waals surface area contributed by atoms with E-state index in [1.807, 2.05) is 54.6 Å². The standard InChI is InChI=1S/C27H27N3O4/c31-24-11-8-21(18-23(24)29-26(33)27(12-13-27)30-14-16-34-17-15-30)25(32)28-22-9-6-20(7-10-22)19-4-2-1-3-5-19/h1-11,18,31H,12-17H2,(H,28,32)(H,29,33). The lowest BCUT2D eigenvalue weighted by molar-refractivity contribution is -0.124. The van der Waals surface area contributed by atoms with Crippen molar-refractivity contribution in [1.29, 1.82) is 0 Å². The van der Waals surface area contributed by atoms with Crippen molar-refractivity contribution in [2.45, 2.75) is 18.4 Å². The monoisotopic (exact) mass is 457 g/mol. The lowest BCUT2D eigenvalue weighted by Gasteiger charge is -2.33. The molecule has 0 aromatic heterocycles. The van der Waals surface area contributed by atoms with Crippen LogP contribution in [0.2, 0.25) is 0 Å². The molecule has 3 aromatic carbocycles. The number of ether oxygens (including phenoxy) is 1. The first-order valence-electron chi connectivity index (χ1n) is 11.5. The highest BCUT2D eigenvalue weighted by Crippen LogP contribution is 2.43. The quantitative estimate of drug-likeness (QED) is 0.485. The van der Waals surface area contributed by atoms with Gasteiger partial charge in [-0.25, -0.2) is 0 Å². The Hall–Kier alpha value is -3.68. The van der Waals surface area contributed by atoms with E-state index in [2.05, 4.69) is 15.5 Å². The molecule has 3 aromatic rings. The van der Waals surface area contributed by atoms with Crippen LogP contribution in [0.4, 0.5) is 11.4 Å². The van der Waals surface area contributed by atoms with Crippen molar-refractivity contribution in [3.63, 3.8) is 0 Å². The van der Waals surface area contributed by atoms with Crippen molar-refractivity contribution in [1.82, 2.24) is 4.90 Å². The fraction of sp³-hybridized carbons (Fsp3) is 0.259. The van der Waals surface area contributed by atoms with Crippen molar-refractivity contribution in [2.75, 3.05) is 36.9 Å². The first-order valence-corrected chi connectivity index (χ1v) is 11.5. The summed E-state index contributed by atoms with van der Waals surface area (Å²) in [5.41, 5.74) is 2.85. The second-order valence-electron chi connectivity index (χ2n) is 8.71. The average Bonchev–Trinajstić information content (AvgIpc) is 3.69. The van der Waals surface area contributed by atoms with E-state index in [-0.39, 0.29) is 23.3 Å². The maximum absolute atomic E-state index is 13.1. The second kappa shape index (κ2) is 9.29. The summed E-state index contributed by atoms with van der Waals surface area (Å²) in [6.45, 7) is 2.65. The van der Waals surface area contributed by atoms with Crippen LogP contribution in [0, 0.1) is 0 Å². The number of aromatic hydroxyl groups is 1. The molecule has 3 N–H and O–H groups in total. The van der Waals surface area contributed by atoms with Crippen molar-refractivity contribution >= 4 is 23.2 Å². The largest absolute Gasteiger partial charge is 0.506 e. The van der Waals surface area contributed by atoms with Crippen molar-refractivity contribution in [2.24, 2.45) is 0 Å². The zero-order chi connectivity index (χ0) is 23.5. The molecular formula is C27H27N3O4. The van der Waals surface area contributed by atoms with Gasteiger partial charge in [0, 0.05) is 24.3 Å². The Bertz CT molecular complexity index is 1180. The average molecular weight is 458 g/mol. The molecule has 7 nitrogen and oxygen atoms in total. The smallest absolute Gasteiger partial charge is 0.255 e. The maximum atomic E-state index is 13.1. The molecule has 1 saturated heterocycles. The van der Waals surface area contributed by atoms with Crippen LogP contribution in [0.3, 0.4) is 0 Å². The zero-order valence-corrected chi connectivity index (χ0v) is 18.8. The summed E-state index contributed by atoms with van der Waals surface area (Å²) in [6, 6.07) is 22.1. The number of carbonyl (C=O) groups excluding carboxylic acids is 2. The van der Waals surface area contributed by atoms with Crippen LogP contribution in [-0.2, 0) is 9.53 Å². The van der Waals surface area contributed by atoms with Gasteiger partial charge < -0.3 is 20.5 Å². The van der Waals surface area contributed by atoms with Crippen LogP contribution in [0.25, 0.3) is 11.1 Å². The molecule has 174 valence electrons. The number of phenolic OH excluding ortho intramolecular Hbond substituents is 1. The number of nitrogens with zero attached hydrogens (tertiary/aromatic N) is 1. The predicted molar refractivity (Wildman–Crippen MR) is 131 cm³/mol. The van der Waals surface area contributed by atoms with Crippen molar-refractivity contribution < 1.29 is 19.4 Å². The first kappa shape index (κ1) is 22.1. The van der Waals surface area contributed by atoms with Gasteiger partial charge in [0.1, 0.15) is 11.3 Å². The molecule has 0 bridgehead atoms. The van der Waals surface area contributed by atoms with E-state index < -0.39 is 5.54 Å². The van der Waals surface area contributed by atoms with Gasteiger partial charge in [-0.3, -0.25) is 14.5 Å². The number of hydrogen-bond donors (Lipinski definition) is 3. The van der Waals surface area contributed by atoms with Crippen LogP contribution in [0.1, 0.15) is 23.2 Å². The number of rotatable bonds is 6. The molecule has 0 radical (unpaired) electrons. The fourth-order valence-electron chi connectivity index (χ4n) is 4.39. The number of morpholine rings is 1. The van der Waals surface area contributed by atoms with Gasteiger partial charge in [0.2, 0.25) is 5.91 Å². The lowest BCUT2D eigenvalue weighted by Crippen LogP contribution is -2.51. The number of carbonyl (C=O) groups is 2. The highest BCUT2D eigenvalue weighted by atomic mass is 16.5. The van der Waals surface area contributed by atoms with Gasteiger partial charge in [-0.1, -0.05) is 42.5 Å². The molecule has 1 heterocycles. The predicted octanol–water partition coefficient (Wildman–Crippen LogP) is 4.11. The minimum absolute atomic E-state index is 0.0742. The highest BCUT2D eigenvalue weighted by Gasteiger charge is 2.54. The Morgan fingerprint density at radius 3 is 2.21 bits per heavy atom. The molecular weight excluding hydrogens is 430 g/mol. The number of nitrogens with one attached hydrogen (secondary N) is 2. The Morgan fingerprint density at radius 2 is 1.53 bits per heavy atom. The summed E-state index contributed by atoms with van der Waals surface area (Å²) in [5, 5.41) is 16.0. The van der Waals surface area contributed by atoms with E-state index in [4.69, 9.17) is 4.74 Å². The third-order valence-corrected chi connectivity index (χ3v) is 6.52. The molecule has 2 amide bonds. The van der Waals surface area contributed by atoms with E-state index in [0.717, 1.165) is 24.0 Å². The van der Waals surface area contributed by atoms with E-state index in [0.29, 0.717) is 37.6 Å². The molecule has 34 heavy (non-hydrogen) atoms. The number of benzene rings is 3. The Balaban J connectivity index is 1.27. The molecule has 2 fully saturated rings. The van der Waals surface area contributed by atoms with Gasteiger partial charge >= 0.3 is 0 Å². The lowest BCUT2D eigenvalue weighted by atomic mass is 10.1. The molecule has 1 aliphatic heterocycles. The van der Waals surface area contributed by atoms with E-state index in [1.54, 1.807) is 0 Å². The number of phenols is 1. The van der Waals surface area contributed by atoms with Crippen LogP contribution in [0.15, 0.2) is 72.8 Å². The second-order valence-corrected chi connectivity index (χ2v) is 8.71. The third-order valence-electron chi connectivity index (χ3n) is 6.52. The van der Waals surface area contributed by atoms with Gasteiger partial charge in [0.25, 0.3) is 5.91 Å². The van der Waals surface area contributed by atoms with Gasteiger partial charge in [-0.2, -0.15) is 0 Å². The Morgan fingerprint density at radius 1 is 0.853 bits per heavy atom. The third kappa shape index (κ3) is 4.53. The maximum Gasteiger partial charge on any atom is 0.255 e. The first-order chi connectivity index (χ1) is 16.5. The summed E-state index contributed by atoms with van der Waals surface area (Å²) in [6.07, 6.45) is 1.55. The van der Waals surface area contributed by atoms with E-state index >= 15 is 0 Å². The topological polar surface area (TPSA) is 90.9 Å². The van der Waals surface area contributed by atoms with Crippen LogP contribution >= 0.6 is 0 Å². The van der Waals surface area contributed by atoms with Gasteiger partial charge in [0.15, 0.2) is 0 Å². The number of hydrogen-bond acceptors (Lipinski definition) is 5. The van der Waals surface area contributed by atoms with Crippen LogP contribution in [-0.4, -0.2) is 53.7 Å². The number of anilines is 2. The molecule has 0 atom stereocenters. The fourth-order valence-corrected chi connectivity index (χ4v) is 4.39. The zero-order valence-electron chi connectivity index (χ0n) is 18.8. The van der Waals surface area contributed by atoms with Crippen LogP contribution in [0.5, 0.6) is 5.75 Å².